The Kier molecular flexibility index (Phi) is 3.64. The highest BCUT2D eigenvalue weighted by molar-refractivity contribution is 5.78. The van der Waals surface area contributed by atoms with Crippen LogP contribution in [0.2, 0.25) is 0 Å². The minimum atomic E-state index is 0.345. The number of hydrogen-bond acceptors (Lipinski definition) is 3. The van der Waals surface area contributed by atoms with Crippen LogP contribution in [0.1, 0.15) is 52.5 Å². The minimum absolute atomic E-state index is 0.345. The summed E-state index contributed by atoms with van der Waals surface area (Å²) >= 11 is 0. The molecule has 3 rings (SSSR count). The molecule has 4 heteroatoms. The van der Waals surface area contributed by atoms with E-state index in [4.69, 9.17) is 0 Å². The van der Waals surface area contributed by atoms with Crippen LogP contribution < -0.4 is 5.32 Å². The second-order valence-corrected chi connectivity index (χ2v) is 6.33. The minimum Gasteiger partial charge on any atom is -0.381 e. The van der Waals surface area contributed by atoms with Gasteiger partial charge in [0.15, 0.2) is 5.65 Å². The predicted molar refractivity (Wildman–Crippen MR) is 83.0 cm³/mol. The molecule has 1 N–H and O–H groups in total. The van der Waals surface area contributed by atoms with E-state index in [1.165, 1.54) is 25.7 Å². The van der Waals surface area contributed by atoms with Gasteiger partial charge in [0, 0.05) is 17.5 Å². The largest absolute Gasteiger partial charge is 0.381 e. The summed E-state index contributed by atoms with van der Waals surface area (Å²) < 4.78 is 1.97. The molecule has 0 saturated heterocycles. The zero-order valence-electron chi connectivity index (χ0n) is 12.6. The summed E-state index contributed by atoms with van der Waals surface area (Å²) in [4.78, 5) is 4.59. The van der Waals surface area contributed by atoms with Gasteiger partial charge in [-0.05, 0) is 38.7 Å². The van der Waals surface area contributed by atoms with Crippen molar-refractivity contribution in [3.8, 4) is 0 Å². The molecule has 1 saturated carbocycles. The molecule has 2 atom stereocenters. The summed E-state index contributed by atoms with van der Waals surface area (Å²) in [6.07, 6.45) is 9.17. The molecule has 2 aromatic heterocycles. The maximum absolute atomic E-state index is 4.59. The van der Waals surface area contributed by atoms with Crippen LogP contribution in [0.15, 0.2) is 18.5 Å². The molecule has 2 unspecified atom stereocenters. The summed E-state index contributed by atoms with van der Waals surface area (Å²) in [5.41, 5.74) is 2.10. The average molecular weight is 272 g/mol. The standard InChI is InChI=1S/C16H24N4/c1-11(2)20-16-13(9-18-20)8-14(10-17-16)19-15-7-5-4-6-12(15)3/h8-12,15,19H,4-7H2,1-3H3. The molecule has 1 aliphatic rings. The van der Waals surface area contributed by atoms with Crippen LogP contribution >= 0.6 is 0 Å². The lowest BCUT2D eigenvalue weighted by Crippen LogP contribution is -2.30. The van der Waals surface area contributed by atoms with Gasteiger partial charge in [0.05, 0.1) is 18.1 Å². The van der Waals surface area contributed by atoms with Crippen molar-refractivity contribution >= 4 is 16.7 Å². The van der Waals surface area contributed by atoms with E-state index >= 15 is 0 Å². The zero-order valence-corrected chi connectivity index (χ0v) is 12.6. The molecule has 108 valence electrons. The highest BCUT2D eigenvalue weighted by atomic mass is 15.3. The van der Waals surface area contributed by atoms with Gasteiger partial charge in [-0.1, -0.05) is 19.8 Å². The van der Waals surface area contributed by atoms with Crippen molar-refractivity contribution in [2.24, 2.45) is 5.92 Å². The summed E-state index contributed by atoms with van der Waals surface area (Å²) in [6, 6.07) is 3.11. The Labute approximate surface area is 120 Å². The lowest BCUT2D eigenvalue weighted by Gasteiger charge is -2.30. The van der Waals surface area contributed by atoms with Gasteiger partial charge in [-0.25, -0.2) is 9.67 Å². The van der Waals surface area contributed by atoms with Gasteiger partial charge in [0.2, 0.25) is 0 Å². The van der Waals surface area contributed by atoms with Crippen LogP contribution in [0.4, 0.5) is 5.69 Å². The lowest BCUT2D eigenvalue weighted by molar-refractivity contribution is 0.349. The molecule has 0 spiro atoms. The average Bonchev–Trinajstić information content (AvgIpc) is 2.84. The monoisotopic (exact) mass is 272 g/mol. The third-order valence-electron chi connectivity index (χ3n) is 4.39. The van der Waals surface area contributed by atoms with Crippen LogP contribution in [0.25, 0.3) is 11.0 Å². The molecular weight excluding hydrogens is 248 g/mol. The molecule has 0 aliphatic heterocycles. The highest BCUT2D eigenvalue weighted by Gasteiger charge is 2.21. The Bertz CT molecular complexity index is 587. The highest BCUT2D eigenvalue weighted by Crippen LogP contribution is 2.27. The van der Waals surface area contributed by atoms with E-state index in [0.29, 0.717) is 12.1 Å². The number of aromatic nitrogens is 3. The Hall–Kier alpha value is -1.58. The van der Waals surface area contributed by atoms with E-state index < -0.39 is 0 Å². The number of fused-ring (bicyclic) bond motifs is 1. The van der Waals surface area contributed by atoms with Crippen LogP contribution in [0.3, 0.4) is 0 Å². The predicted octanol–water partition coefficient (Wildman–Crippen LogP) is 4.00. The lowest BCUT2D eigenvalue weighted by atomic mass is 9.86. The van der Waals surface area contributed by atoms with E-state index in [2.05, 4.69) is 42.2 Å². The second kappa shape index (κ2) is 5.43. The van der Waals surface area contributed by atoms with Crippen molar-refractivity contribution in [3.05, 3.63) is 18.5 Å². The number of pyridine rings is 1. The molecule has 0 aromatic carbocycles. The third kappa shape index (κ3) is 2.51. The Morgan fingerprint density at radius 2 is 2.05 bits per heavy atom. The van der Waals surface area contributed by atoms with E-state index in [0.717, 1.165) is 22.6 Å². The Morgan fingerprint density at radius 3 is 2.80 bits per heavy atom. The van der Waals surface area contributed by atoms with E-state index in [1.54, 1.807) is 0 Å². The maximum Gasteiger partial charge on any atom is 0.158 e. The van der Waals surface area contributed by atoms with E-state index in [1.807, 2.05) is 17.1 Å². The third-order valence-corrected chi connectivity index (χ3v) is 4.39. The fourth-order valence-electron chi connectivity index (χ4n) is 3.14. The SMILES string of the molecule is CC1CCCCC1Nc1cnc2c(cnn2C(C)C)c1. The topological polar surface area (TPSA) is 42.7 Å². The molecule has 1 fully saturated rings. The number of rotatable bonds is 3. The van der Waals surface area contributed by atoms with Crippen LogP contribution in [0, 0.1) is 5.92 Å². The Balaban J connectivity index is 1.82. The van der Waals surface area contributed by atoms with Gasteiger partial charge in [-0.2, -0.15) is 5.10 Å². The first-order valence-corrected chi connectivity index (χ1v) is 7.75. The molecular formula is C16H24N4. The fraction of sp³-hybridized carbons (Fsp3) is 0.625. The molecule has 2 heterocycles. The van der Waals surface area contributed by atoms with Crippen LogP contribution in [0.5, 0.6) is 0 Å². The van der Waals surface area contributed by atoms with Gasteiger partial charge >= 0.3 is 0 Å². The first-order valence-electron chi connectivity index (χ1n) is 7.75. The second-order valence-electron chi connectivity index (χ2n) is 6.33. The number of nitrogens with zero attached hydrogens (tertiary/aromatic N) is 3. The van der Waals surface area contributed by atoms with Gasteiger partial charge in [-0.15, -0.1) is 0 Å². The molecule has 0 radical (unpaired) electrons. The molecule has 0 bridgehead atoms. The fourth-order valence-corrected chi connectivity index (χ4v) is 3.14. The molecule has 0 amide bonds. The molecule has 4 nitrogen and oxygen atoms in total. The summed E-state index contributed by atoms with van der Waals surface area (Å²) in [7, 11) is 0. The van der Waals surface area contributed by atoms with Crippen molar-refractivity contribution in [1.29, 1.82) is 0 Å². The summed E-state index contributed by atoms with van der Waals surface area (Å²) in [5.74, 6) is 0.748. The normalized spacial score (nSPS) is 23.4. The van der Waals surface area contributed by atoms with E-state index in [9.17, 15) is 0 Å². The van der Waals surface area contributed by atoms with Gasteiger partial charge in [-0.3, -0.25) is 0 Å². The van der Waals surface area contributed by atoms with Gasteiger partial charge in [0.1, 0.15) is 0 Å². The van der Waals surface area contributed by atoms with Crippen molar-refractivity contribution < 1.29 is 0 Å². The van der Waals surface area contributed by atoms with Crippen molar-refractivity contribution in [2.45, 2.75) is 58.5 Å². The summed E-state index contributed by atoms with van der Waals surface area (Å²) in [5, 5.41) is 9.20. The molecule has 1 aliphatic carbocycles. The molecule has 20 heavy (non-hydrogen) atoms. The smallest absolute Gasteiger partial charge is 0.158 e. The van der Waals surface area contributed by atoms with Crippen LogP contribution in [-0.2, 0) is 0 Å². The van der Waals surface area contributed by atoms with Crippen molar-refractivity contribution in [1.82, 2.24) is 14.8 Å². The van der Waals surface area contributed by atoms with Gasteiger partial charge < -0.3 is 5.32 Å². The number of nitrogens with one attached hydrogen (secondary N) is 1. The Morgan fingerprint density at radius 1 is 1.25 bits per heavy atom. The van der Waals surface area contributed by atoms with Crippen molar-refractivity contribution in [3.63, 3.8) is 0 Å². The first-order chi connectivity index (χ1) is 9.65. The summed E-state index contributed by atoms with van der Waals surface area (Å²) in [6.45, 7) is 6.60. The van der Waals surface area contributed by atoms with Crippen LogP contribution in [-0.4, -0.2) is 20.8 Å². The first kappa shape index (κ1) is 13.4. The van der Waals surface area contributed by atoms with E-state index in [-0.39, 0.29) is 0 Å². The zero-order chi connectivity index (χ0) is 14.1. The number of anilines is 1. The quantitative estimate of drug-likeness (QED) is 0.918. The maximum atomic E-state index is 4.59. The van der Waals surface area contributed by atoms with Gasteiger partial charge in [0.25, 0.3) is 0 Å². The number of hydrogen-bond donors (Lipinski definition) is 1. The van der Waals surface area contributed by atoms with Crippen molar-refractivity contribution in [2.75, 3.05) is 5.32 Å². The molecule has 2 aromatic rings.